The lowest BCUT2D eigenvalue weighted by molar-refractivity contribution is -0.137. The van der Waals surface area contributed by atoms with Crippen molar-refractivity contribution in [2.45, 2.75) is 45.1 Å². The molecule has 0 saturated carbocycles. The predicted octanol–water partition coefficient (Wildman–Crippen LogP) is 5.20. The van der Waals surface area contributed by atoms with Crippen LogP contribution < -0.4 is 14.1 Å². The summed E-state index contributed by atoms with van der Waals surface area (Å²) < 4.78 is 49.6. The number of hydrogen-bond acceptors (Lipinski definition) is 6. The normalized spacial score (nSPS) is 15.4. The molecule has 1 aliphatic rings. The van der Waals surface area contributed by atoms with Crippen LogP contribution >= 0.6 is 0 Å². The third-order valence-corrected chi connectivity index (χ3v) is 10.4. The van der Waals surface area contributed by atoms with E-state index in [4.69, 9.17) is 9.16 Å². The summed E-state index contributed by atoms with van der Waals surface area (Å²) in [7, 11) is -1.99. The molecule has 0 unspecified atom stereocenters. The molecule has 11 heteroatoms. The SMILES string of the molecule is CC(C)(C)[Si](C)(C)Oc1ccc(OC(=O)N2CCN(c3ccc(C(F)(F)F)cn3)CC2)nc1. The van der Waals surface area contributed by atoms with Crippen LogP contribution in [-0.2, 0) is 6.18 Å². The molecule has 1 amide bonds. The molecule has 0 aromatic carbocycles. The number of pyridine rings is 2. The molecule has 1 fully saturated rings. The molecule has 0 bridgehead atoms. The van der Waals surface area contributed by atoms with Gasteiger partial charge in [-0.05, 0) is 36.3 Å². The van der Waals surface area contributed by atoms with Crippen LogP contribution in [0.4, 0.5) is 23.8 Å². The fourth-order valence-electron chi connectivity index (χ4n) is 2.95. The molecule has 0 N–H and O–H groups in total. The Balaban J connectivity index is 1.52. The van der Waals surface area contributed by atoms with Crippen molar-refractivity contribution in [3.8, 4) is 11.6 Å². The molecule has 1 saturated heterocycles. The van der Waals surface area contributed by atoms with Crippen LogP contribution in [0, 0.1) is 0 Å². The topological polar surface area (TPSA) is 67.8 Å². The van der Waals surface area contributed by atoms with Gasteiger partial charge in [-0.25, -0.2) is 14.8 Å². The molecule has 180 valence electrons. The van der Waals surface area contributed by atoms with Crippen molar-refractivity contribution >= 4 is 20.2 Å². The van der Waals surface area contributed by atoms with Crippen molar-refractivity contribution in [1.29, 1.82) is 0 Å². The van der Waals surface area contributed by atoms with Crippen LogP contribution in [0.15, 0.2) is 36.7 Å². The van der Waals surface area contributed by atoms with E-state index >= 15 is 0 Å². The minimum absolute atomic E-state index is 0.0518. The van der Waals surface area contributed by atoms with Gasteiger partial charge in [0.25, 0.3) is 8.32 Å². The Kier molecular flexibility index (Phi) is 6.92. The standard InChI is InChI=1S/C22H29F3N4O3Si/c1-21(2,3)33(4,5)32-17-7-9-19(27-15-17)31-20(30)29-12-10-28(11-13-29)18-8-6-16(14-26-18)22(23,24)25/h6-9,14-15H,10-13H2,1-5H3. The van der Waals surface area contributed by atoms with Gasteiger partial charge in [-0.2, -0.15) is 13.2 Å². The number of halogens is 3. The molecule has 33 heavy (non-hydrogen) atoms. The number of nitrogens with zero attached hydrogens (tertiary/aromatic N) is 4. The second kappa shape index (κ2) is 9.20. The Hall–Kier alpha value is -2.82. The van der Waals surface area contributed by atoms with E-state index in [1.807, 2.05) is 4.90 Å². The van der Waals surface area contributed by atoms with Gasteiger partial charge in [-0.3, -0.25) is 0 Å². The zero-order chi connectivity index (χ0) is 24.4. The Bertz CT molecular complexity index is 953. The molecule has 2 aromatic rings. The lowest BCUT2D eigenvalue weighted by atomic mass is 10.2. The van der Waals surface area contributed by atoms with Crippen molar-refractivity contribution in [2.24, 2.45) is 0 Å². The second-order valence-corrected chi connectivity index (χ2v) is 14.2. The van der Waals surface area contributed by atoms with Crippen LogP contribution in [-0.4, -0.2) is 55.5 Å². The highest BCUT2D eigenvalue weighted by Crippen LogP contribution is 2.37. The lowest BCUT2D eigenvalue weighted by Crippen LogP contribution is -2.49. The largest absolute Gasteiger partial charge is 0.542 e. The number of amides is 1. The van der Waals surface area contributed by atoms with Crippen molar-refractivity contribution in [1.82, 2.24) is 14.9 Å². The molecule has 0 atom stereocenters. The Morgan fingerprint density at radius 2 is 1.64 bits per heavy atom. The van der Waals surface area contributed by atoms with Gasteiger partial charge in [0, 0.05) is 38.4 Å². The molecule has 1 aliphatic heterocycles. The number of alkyl halides is 3. The van der Waals surface area contributed by atoms with Crippen molar-refractivity contribution in [3.05, 3.63) is 42.2 Å². The lowest BCUT2D eigenvalue weighted by Gasteiger charge is -2.36. The van der Waals surface area contributed by atoms with Crippen LogP contribution in [0.3, 0.4) is 0 Å². The van der Waals surface area contributed by atoms with E-state index in [1.165, 1.54) is 11.0 Å². The number of piperazine rings is 1. The first-order valence-electron chi connectivity index (χ1n) is 10.7. The van der Waals surface area contributed by atoms with E-state index in [0.29, 0.717) is 37.7 Å². The van der Waals surface area contributed by atoms with Crippen LogP contribution in [0.25, 0.3) is 0 Å². The third-order valence-electron chi connectivity index (χ3n) is 6.02. The number of carbonyl (C=O) groups excluding carboxylic acids is 1. The third kappa shape index (κ3) is 6.15. The summed E-state index contributed by atoms with van der Waals surface area (Å²) in [4.78, 5) is 23.9. The van der Waals surface area contributed by atoms with Gasteiger partial charge in [-0.1, -0.05) is 20.8 Å². The summed E-state index contributed by atoms with van der Waals surface area (Å²) in [6.07, 6.45) is -2.57. The maximum Gasteiger partial charge on any atom is 0.417 e. The van der Waals surface area contributed by atoms with Crippen LogP contribution in [0.1, 0.15) is 26.3 Å². The number of anilines is 1. The zero-order valence-corrected chi connectivity index (χ0v) is 20.4. The highest BCUT2D eigenvalue weighted by Gasteiger charge is 2.39. The predicted molar refractivity (Wildman–Crippen MR) is 121 cm³/mol. The summed E-state index contributed by atoms with van der Waals surface area (Å²) in [6, 6.07) is 5.69. The molecule has 0 radical (unpaired) electrons. The molecular formula is C22H29F3N4O3Si. The van der Waals surface area contributed by atoms with Crippen molar-refractivity contribution in [2.75, 3.05) is 31.1 Å². The maximum atomic E-state index is 12.7. The van der Waals surface area contributed by atoms with Gasteiger partial charge in [0.15, 0.2) is 0 Å². The quantitative estimate of drug-likeness (QED) is 0.558. The van der Waals surface area contributed by atoms with Crippen molar-refractivity contribution < 1.29 is 27.1 Å². The first kappa shape index (κ1) is 24.8. The summed E-state index contributed by atoms with van der Waals surface area (Å²) in [5.41, 5.74) is -0.790. The molecular weight excluding hydrogens is 453 g/mol. The van der Waals surface area contributed by atoms with Gasteiger partial charge in [-0.15, -0.1) is 0 Å². The summed E-state index contributed by atoms with van der Waals surface area (Å²) in [5, 5.41) is 0.0518. The first-order chi connectivity index (χ1) is 15.3. The van der Waals surface area contributed by atoms with Gasteiger partial charge in [0.1, 0.15) is 11.6 Å². The fraction of sp³-hybridized carbons (Fsp3) is 0.500. The summed E-state index contributed by atoms with van der Waals surface area (Å²) in [6.45, 7) is 12.3. The molecule has 2 aromatic heterocycles. The first-order valence-corrected chi connectivity index (χ1v) is 13.6. The Labute approximate surface area is 192 Å². The molecule has 0 aliphatic carbocycles. The molecule has 0 spiro atoms. The van der Waals surface area contributed by atoms with E-state index in [1.54, 1.807) is 18.3 Å². The van der Waals surface area contributed by atoms with E-state index in [-0.39, 0.29) is 10.9 Å². The van der Waals surface area contributed by atoms with Gasteiger partial charge in [0.05, 0.1) is 11.8 Å². The summed E-state index contributed by atoms with van der Waals surface area (Å²) >= 11 is 0. The van der Waals surface area contributed by atoms with Gasteiger partial charge in [0.2, 0.25) is 5.88 Å². The number of ether oxygens (including phenoxy) is 1. The minimum Gasteiger partial charge on any atom is -0.542 e. The highest BCUT2D eigenvalue weighted by atomic mass is 28.4. The van der Waals surface area contributed by atoms with Gasteiger partial charge >= 0.3 is 12.3 Å². The zero-order valence-electron chi connectivity index (χ0n) is 19.4. The van der Waals surface area contributed by atoms with Crippen molar-refractivity contribution in [3.63, 3.8) is 0 Å². The van der Waals surface area contributed by atoms with E-state index in [0.717, 1.165) is 12.3 Å². The number of rotatable bonds is 4. The maximum absolute atomic E-state index is 12.7. The number of aromatic nitrogens is 2. The van der Waals surface area contributed by atoms with E-state index in [9.17, 15) is 18.0 Å². The Morgan fingerprint density at radius 3 is 2.12 bits per heavy atom. The van der Waals surface area contributed by atoms with Gasteiger partial charge < -0.3 is 19.0 Å². The monoisotopic (exact) mass is 482 g/mol. The average molecular weight is 483 g/mol. The average Bonchev–Trinajstić information content (AvgIpc) is 2.74. The fourth-order valence-corrected chi connectivity index (χ4v) is 3.96. The molecule has 7 nitrogen and oxygen atoms in total. The minimum atomic E-state index is -4.42. The van der Waals surface area contributed by atoms with Crippen LogP contribution in [0.2, 0.25) is 18.1 Å². The number of carbonyl (C=O) groups is 1. The molecule has 3 rings (SSSR count). The second-order valence-electron chi connectivity index (χ2n) is 9.44. The molecule has 3 heterocycles. The number of hydrogen-bond donors (Lipinski definition) is 0. The Morgan fingerprint density at radius 1 is 0.970 bits per heavy atom. The van der Waals surface area contributed by atoms with E-state index < -0.39 is 26.2 Å². The van der Waals surface area contributed by atoms with Crippen LogP contribution in [0.5, 0.6) is 11.6 Å². The smallest absolute Gasteiger partial charge is 0.417 e. The summed E-state index contributed by atoms with van der Waals surface area (Å²) in [5.74, 6) is 1.25. The highest BCUT2D eigenvalue weighted by molar-refractivity contribution is 6.74. The van der Waals surface area contributed by atoms with E-state index in [2.05, 4.69) is 43.8 Å².